The first-order valence-corrected chi connectivity index (χ1v) is 23.5. The van der Waals surface area contributed by atoms with E-state index in [4.69, 9.17) is 56.2 Å². The van der Waals surface area contributed by atoms with Gasteiger partial charge >= 0.3 is 7.82 Å². The molecule has 21 heteroatoms. The largest absolute Gasteiger partial charge is 0.475 e. The van der Waals surface area contributed by atoms with Crippen molar-refractivity contribution in [1.29, 1.82) is 0 Å². The second-order valence-corrected chi connectivity index (χ2v) is 18.0. The fourth-order valence-electron chi connectivity index (χ4n) is 7.60. The van der Waals surface area contributed by atoms with Gasteiger partial charge in [-0.15, -0.1) is 5.10 Å². The maximum Gasteiger partial charge on any atom is 0.475 e. The highest BCUT2D eigenvalue weighted by Crippen LogP contribution is 2.54. The highest BCUT2D eigenvalue weighted by Gasteiger charge is 2.47. The number of carbonyl (C=O) groups excluding carboxylic acids is 1. The van der Waals surface area contributed by atoms with Gasteiger partial charge in [-0.05, 0) is 33.1 Å². The Hall–Kier alpha value is -1.56. The number of ether oxygens (including phenoxy) is 9. The monoisotopic (exact) mass is 911 g/mol. The molecule has 0 aliphatic carbocycles. The molecule has 14 unspecified atom stereocenters. The van der Waals surface area contributed by atoms with Crippen LogP contribution in [0.5, 0.6) is 0 Å². The first-order chi connectivity index (χ1) is 29.8. The van der Waals surface area contributed by atoms with Gasteiger partial charge in [0.2, 0.25) is 0 Å². The van der Waals surface area contributed by atoms with E-state index < -0.39 is 63.3 Å². The van der Waals surface area contributed by atoms with Crippen LogP contribution in [-0.4, -0.2) is 184 Å². The summed E-state index contributed by atoms with van der Waals surface area (Å²) in [5.74, 6) is -0.241. The summed E-state index contributed by atoms with van der Waals surface area (Å²) in [6.07, 6.45) is -0.777. The molecule has 1 aromatic rings. The fraction of sp³-hybridized carbons (Fsp3) is 0.927. The number of phosphoric acid groups is 1. The lowest BCUT2D eigenvalue weighted by atomic mass is 9.92. The van der Waals surface area contributed by atoms with Gasteiger partial charge in [0.05, 0.1) is 96.1 Å². The second kappa shape index (κ2) is 27.8. The van der Waals surface area contributed by atoms with Crippen molar-refractivity contribution in [2.24, 2.45) is 17.8 Å². The van der Waals surface area contributed by atoms with E-state index in [1.807, 2.05) is 27.7 Å². The number of methoxy groups -OCH3 is 2. The zero-order valence-electron chi connectivity index (χ0n) is 37.7. The Bertz CT molecular complexity index is 1440. The van der Waals surface area contributed by atoms with Gasteiger partial charge in [0, 0.05) is 70.6 Å². The van der Waals surface area contributed by atoms with E-state index in [1.165, 1.54) is 0 Å². The first-order valence-electron chi connectivity index (χ1n) is 22.1. The number of Topliss-reactive ketones (excluding diaryl/α,β-unsaturated/α-hetero) is 1. The van der Waals surface area contributed by atoms with Crippen molar-refractivity contribution < 1.29 is 80.9 Å². The minimum absolute atomic E-state index is 0.00779. The summed E-state index contributed by atoms with van der Waals surface area (Å²) in [5, 5.41) is 37.8. The highest BCUT2D eigenvalue weighted by atomic mass is 31.2. The van der Waals surface area contributed by atoms with Crippen LogP contribution in [0.2, 0.25) is 0 Å². The Balaban J connectivity index is 1.02. The molecule has 14 atom stereocenters. The van der Waals surface area contributed by atoms with Gasteiger partial charge in [-0.2, -0.15) is 0 Å². The molecule has 62 heavy (non-hydrogen) atoms. The van der Waals surface area contributed by atoms with E-state index in [-0.39, 0.29) is 55.8 Å². The lowest BCUT2D eigenvalue weighted by Gasteiger charge is -2.40. The predicted octanol–water partition coefficient (Wildman–Crippen LogP) is 2.52. The summed E-state index contributed by atoms with van der Waals surface area (Å²) in [4.78, 5) is 12.2. The van der Waals surface area contributed by atoms with Crippen molar-refractivity contribution >= 4 is 13.6 Å². The van der Waals surface area contributed by atoms with E-state index >= 15 is 0 Å². The minimum atomic E-state index is -4.11. The van der Waals surface area contributed by atoms with Gasteiger partial charge in [0.1, 0.15) is 36.3 Å². The van der Waals surface area contributed by atoms with E-state index in [1.54, 1.807) is 32.0 Å². The van der Waals surface area contributed by atoms with Gasteiger partial charge in [-0.3, -0.25) is 18.4 Å². The smallest absolute Gasteiger partial charge is 0.394 e. The average molecular weight is 912 g/mol. The number of ketones is 1. The molecule has 3 aliphatic rings. The molecule has 3 aliphatic heterocycles. The molecule has 360 valence electrons. The number of hydrogen-bond acceptors (Lipinski definition) is 19. The van der Waals surface area contributed by atoms with Crippen molar-refractivity contribution in [1.82, 2.24) is 15.0 Å². The van der Waals surface area contributed by atoms with Gasteiger partial charge in [0.15, 0.2) is 6.29 Å². The quantitative estimate of drug-likeness (QED) is 0.0696. The molecular weight excluding hydrogens is 837 g/mol. The number of rotatable bonds is 32. The summed E-state index contributed by atoms with van der Waals surface area (Å²) in [6.45, 7) is 12.8. The maximum atomic E-state index is 14.2. The molecule has 3 N–H and O–H groups in total. The van der Waals surface area contributed by atoms with Crippen LogP contribution in [0.3, 0.4) is 0 Å². The van der Waals surface area contributed by atoms with Crippen LogP contribution in [0.15, 0.2) is 6.20 Å². The Morgan fingerprint density at radius 1 is 0.742 bits per heavy atom. The molecule has 3 saturated heterocycles. The van der Waals surface area contributed by atoms with Crippen LogP contribution in [0.4, 0.5) is 0 Å². The number of carbonyl (C=O) groups is 1. The zero-order chi connectivity index (χ0) is 45.1. The van der Waals surface area contributed by atoms with Crippen LogP contribution in [-0.2, 0) is 78.5 Å². The van der Waals surface area contributed by atoms with Crippen molar-refractivity contribution in [3.63, 3.8) is 0 Å². The summed E-state index contributed by atoms with van der Waals surface area (Å²) in [6, 6.07) is 0. The van der Waals surface area contributed by atoms with Crippen molar-refractivity contribution in [3.05, 3.63) is 11.9 Å². The molecule has 1 aromatic heterocycles. The molecule has 20 nitrogen and oxygen atoms in total. The van der Waals surface area contributed by atoms with Gasteiger partial charge in [-0.1, -0.05) is 26.0 Å². The molecular formula is C41H74N3O17P. The second-order valence-electron chi connectivity index (χ2n) is 16.4. The normalized spacial score (nSPS) is 32.4. The summed E-state index contributed by atoms with van der Waals surface area (Å²) >= 11 is 0. The summed E-state index contributed by atoms with van der Waals surface area (Å²) in [7, 11) is -0.910. The Morgan fingerprint density at radius 3 is 2.06 bits per heavy atom. The summed E-state index contributed by atoms with van der Waals surface area (Å²) in [5.41, 5.74) is 0.638. The molecule has 0 bridgehead atoms. The lowest BCUT2D eigenvalue weighted by molar-refractivity contribution is -0.282. The van der Waals surface area contributed by atoms with Crippen LogP contribution >= 0.6 is 7.82 Å². The molecule has 0 radical (unpaired) electrons. The highest BCUT2D eigenvalue weighted by molar-refractivity contribution is 7.48. The fourth-order valence-corrected chi connectivity index (χ4v) is 9.06. The van der Waals surface area contributed by atoms with Crippen molar-refractivity contribution in [3.8, 4) is 0 Å². The number of unbranched alkanes of at least 4 members (excludes halogenated alkanes) is 1. The summed E-state index contributed by atoms with van der Waals surface area (Å²) < 4.78 is 85.0. The topological polar surface area (TPSA) is 236 Å². The molecule has 3 fully saturated rings. The third-order valence-corrected chi connectivity index (χ3v) is 13.2. The maximum absolute atomic E-state index is 14.2. The SMILES string of the molecule is COCC1OC(C)C(C)C1OP(=O)(OCCc1cn(CCOCCOCCOCCCC(=O)CCCCOC2OC(CO)C(O)C(O)C2C)nn1)OCC1OC(C)C(C)C1OC. The number of phosphoric ester groups is 1. The van der Waals surface area contributed by atoms with Crippen molar-refractivity contribution in [2.75, 3.05) is 86.9 Å². The van der Waals surface area contributed by atoms with Crippen LogP contribution in [0.1, 0.15) is 72.4 Å². The number of hydrogen-bond donors (Lipinski definition) is 3. The van der Waals surface area contributed by atoms with Crippen LogP contribution < -0.4 is 0 Å². The van der Waals surface area contributed by atoms with E-state index in [0.717, 1.165) is 0 Å². The first kappa shape index (κ1) is 53.1. The average Bonchev–Trinajstić information content (AvgIpc) is 3.90. The Kier molecular flexibility index (Phi) is 23.8. The van der Waals surface area contributed by atoms with Crippen LogP contribution in [0.25, 0.3) is 0 Å². The zero-order valence-corrected chi connectivity index (χ0v) is 38.6. The third-order valence-electron chi connectivity index (χ3n) is 11.7. The standard InChI is InChI=1S/C41H74N3O17P/c1-27-30(4)59-36(39(27)51-7)26-57-62(49,61-40-28(2)31(5)58-35(40)25-50-6)56-17-13-32-23-44(43-42-32)14-18-53-20-22-54-21-19-52-15-10-12-33(46)11-8-9-16-55-41-29(3)37(47)38(48)34(24-45)60-41/h23,27-31,34-41,45,47-48H,8-22,24-26H2,1-7H3. The van der Waals surface area contributed by atoms with Crippen LogP contribution in [0, 0.1) is 17.8 Å². The molecule has 4 heterocycles. The van der Waals surface area contributed by atoms with E-state index in [2.05, 4.69) is 10.3 Å². The van der Waals surface area contributed by atoms with Crippen molar-refractivity contribution in [2.45, 2.75) is 141 Å². The van der Waals surface area contributed by atoms with E-state index in [9.17, 15) is 24.7 Å². The number of nitrogens with zero attached hydrogens (tertiary/aromatic N) is 3. The Morgan fingerprint density at radius 2 is 1.39 bits per heavy atom. The number of aliphatic hydroxyl groups is 3. The Labute approximate surface area is 366 Å². The molecule has 0 amide bonds. The van der Waals surface area contributed by atoms with Gasteiger partial charge in [0.25, 0.3) is 0 Å². The molecule has 0 spiro atoms. The predicted molar refractivity (Wildman–Crippen MR) is 221 cm³/mol. The molecule has 4 rings (SSSR count). The number of aromatic nitrogens is 3. The lowest BCUT2D eigenvalue weighted by Crippen LogP contribution is -2.55. The van der Waals surface area contributed by atoms with Gasteiger partial charge in [-0.25, -0.2) is 9.25 Å². The number of aliphatic hydroxyl groups excluding tert-OH is 3. The molecule has 0 aromatic carbocycles. The third kappa shape index (κ3) is 16.7. The molecule has 0 saturated carbocycles. The van der Waals surface area contributed by atoms with Gasteiger partial charge < -0.3 is 58.0 Å². The minimum Gasteiger partial charge on any atom is -0.394 e. The van der Waals surface area contributed by atoms with E-state index in [0.29, 0.717) is 97.0 Å².